The van der Waals surface area contributed by atoms with Gasteiger partial charge in [0.25, 0.3) is 11.6 Å². The summed E-state index contributed by atoms with van der Waals surface area (Å²) in [5.74, 6) is -0.254. The van der Waals surface area contributed by atoms with Crippen molar-refractivity contribution in [3.05, 3.63) is 60.7 Å². The number of carbonyl (C=O) groups is 1. The van der Waals surface area contributed by atoms with Crippen molar-refractivity contribution in [3.8, 4) is 0 Å². The summed E-state index contributed by atoms with van der Waals surface area (Å²) in [6.45, 7) is 0.425. The van der Waals surface area contributed by atoms with Gasteiger partial charge in [0.2, 0.25) is 0 Å². The highest BCUT2D eigenvalue weighted by Gasteiger charge is 2.10. The van der Waals surface area contributed by atoms with Gasteiger partial charge in [-0.2, -0.15) is 0 Å². The van der Waals surface area contributed by atoms with Gasteiger partial charge >= 0.3 is 0 Å². The van der Waals surface area contributed by atoms with Gasteiger partial charge in [0, 0.05) is 27.0 Å². The van der Waals surface area contributed by atoms with Crippen LogP contribution in [-0.2, 0) is 6.54 Å². The Morgan fingerprint density at radius 1 is 1.32 bits per heavy atom. The Bertz CT molecular complexity index is 610. The van der Waals surface area contributed by atoms with Crippen molar-refractivity contribution in [2.45, 2.75) is 6.54 Å². The SMILES string of the molecule is O=C(NCc1sccc1Br)c1ccc([N+](=O)[O-])cc1. The van der Waals surface area contributed by atoms with Crippen molar-refractivity contribution in [1.29, 1.82) is 0 Å². The van der Waals surface area contributed by atoms with Gasteiger partial charge in [0.1, 0.15) is 0 Å². The van der Waals surface area contributed by atoms with Crippen LogP contribution in [0.15, 0.2) is 40.2 Å². The predicted octanol–water partition coefficient (Wildman–Crippen LogP) is 3.35. The highest BCUT2D eigenvalue weighted by molar-refractivity contribution is 9.10. The average Bonchev–Trinajstić information content (AvgIpc) is 2.81. The normalized spacial score (nSPS) is 10.2. The number of carbonyl (C=O) groups excluding carboxylic acids is 1. The molecule has 0 fully saturated rings. The summed E-state index contributed by atoms with van der Waals surface area (Å²) >= 11 is 4.92. The van der Waals surface area contributed by atoms with Crippen LogP contribution in [0.3, 0.4) is 0 Å². The summed E-state index contributed by atoms with van der Waals surface area (Å²) in [7, 11) is 0. The van der Waals surface area contributed by atoms with Crippen LogP contribution in [-0.4, -0.2) is 10.8 Å². The number of hydrogen-bond acceptors (Lipinski definition) is 4. The minimum Gasteiger partial charge on any atom is -0.347 e. The molecule has 98 valence electrons. The number of nitro benzene ring substituents is 1. The first-order valence-electron chi connectivity index (χ1n) is 5.32. The number of benzene rings is 1. The van der Waals surface area contributed by atoms with Gasteiger partial charge in [-0.15, -0.1) is 11.3 Å². The zero-order chi connectivity index (χ0) is 13.8. The lowest BCUT2D eigenvalue weighted by Gasteiger charge is -2.04. The van der Waals surface area contributed by atoms with E-state index < -0.39 is 4.92 Å². The number of amides is 1. The van der Waals surface area contributed by atoms with Gasteiger partial charge in [-0.1, -0.05) is 0 Å². The van der Waals surface area contributed by atoms with Gasteiger partial charge in [-0.3, -0.25) is 14.9 Å². The molecule has 0 bridgehead atoms. The Kier molecular flexibility index (Phi) is 4.28. The second-order valence-corrected chi connectivity index (χ2v) is 5.53. The molecule has 0 spiro atoms. The minimum absolute atomic E-state index is 0.0300. The molecule has 1 aromatic heterocycles. The van der Waals surface area contributed by atoms with Gasteiger partial charge in [-0.25, -0.2) is 0 Å². The zero-order valence-electron chi connectivity index (χ0n) is 9.63. The topological polar surface area (TPSA) is 72.2 Å². The predicted molar refractivity (Wildman–Crippen MR) is 76.3 cm³/mol. The summed E-state index contributed by atoms with van der Waals surface area (Å²) < 4.78 is 0.960. The maximum atomic E-state index is 11.8. The molecule has 0 atom stereocenters. The third-order valence-corrected chi connectivity index (χ3v) is 4.37. The molecule has 19 heavy (non-hydrogen) atoms. The van der Waals surface area contributed by atoms with E-state index in [0.717, 1.165) is 9.35 Å². The highest BCUT2D eigenvalue weighted by atomic mass is 79.9. The van der Waals surface area contributed by atoms with Crippen LogP contribution in [0.4, 0.5) is 5.69 Å². The van der Waals surface area contributed by atoms with E-state index >= 15 is 0 Å². The molecule has 1 amide bonds. The van der Waals surface area contributed by atoms with Crippen molar-refractivity contribution in [3.63, 3.8) is 0 Å². The molecule has 5 nitrogen and oxygen atoms in total. The van der Waals surface area contributed by atoms with E-state index in [9.17, 15) is 14.9 Å². The van der Waals surface area contributed by atoms with Crippen LogP contribution in [0, 0.1) is 10.1 Å². The van der Waals surface area contributed by atoms with Crippen LogP contribution in [0.1, 0.15) is 15.2 Å². The molecule has 1 N–H and O–H groups in total. The summed E-state index contributed by atoms with van der Waals surface area (Å²) in [5, 5.41) is 15.2. The molecule has 0 aliphatic heterocycles. The van der Waals surface area contributed by atoms with E-state index in [2.05, 4.69) is 21.2 Å². The smallest absolute Gasteiger partial charge is 0.269 e. The van der Waals surface area contributed by atoms with Crippen LogP contribution < -0.4 is 5.32 Å². The Hall–Kier alpha value is -1.73. The number of hydrogen-bond donors (Lipinski definition) is 1. The molecule has 0 aliphatic rings. The summed E-state index contributed by atoms with van der Waals surface area (Å²) in [4.78, 5) is 22.9. The number of nitro groups is 1. The van der Waals surface area contributed by atoms with Crippen molar-refractivity contribution in [2.75, 3.05) is 0 Å². The van der Waals surface area contributed by atoms with Crippen LogP contribution in [0.5, 0.6) is 0 Å². The van der Waals surface area contributed by atoms with Gasteiger partial charge in [0.15, 0.2) is 0 Å². The van der Waals surface area contributed by atoms with E-state index in [0.29, 0.717) is 12.1 Å². The summed E-state index contributed by atoms with van der Waals surface area (Å²) in [5.41, 5.74) is 0.371. The van der Waals surface area contributed by atoms with Crippen molar-refractivity contribution in [2.24, 2.45) is 0 Å². The fourth-order valence-electron chi connectivity index (χ4n) is 1.45. The minimum atomic E-state index is -0.496. The van der Waals surface area contributed by atoms with E-state index in [1.165, 1.54) is 24.3 Å². The lowest BCUT2D eigenvalue weighted by Crippen LogP contribution is -2.22. The van der Waals surface area contributed by atoms with Crippen LogP contribution in [0.2, 0.25) is 0 Å². The number of rotatable bonds is 4. The monoisotopic (exact) mass is 340 g/mol. The molecule has 2 aromatic rings. The molecular formula is C12H9BrN2O3S. The highest BCUT2D eigenvalue weighted by Crippen LogP contribution is 2.22. The maximum Gasteiger partial charge on any atom is 0.269 e. The van der Waals surface area contributed by atoms with E-state index in [1.807, 2.05) is 11.4 Å². The molecule has 0 unspecified atom stereocenters. The van der Waals surface area contributed by atoms with Crippen molar-refractivity contribution in [1.82, 2.24) is 5.32 Å². The molecule has 2 rings (SSSR count). The molecular weight excluding hydrogens is 332 g/mol. The molecule has 1 heterocycles. The second-order valence-electron chi connectivity index (χ2n) is 3.68. The lowest BCUT2D eigenvalue weighted by atomic mass is 10.2. The summed E-state index contributed by atoms with van der Waals surface area (Å²) in [6.07, 6.45) is 0. The molecule has 0 saturated heterocycles. The van der Waals surface area contributed by atoms with Gasteiger partial charge < -0.3 is 5.32 Å². The molecule has 0 aliphatic carbocycles. The second kappa shape index (κ2) is 5.94. The quantitative estimate of drug-likeness (QED) is 0.685. The molecule has 0 saturated carbocycles. The Labute approximate surface area is 121 Å². The zero-order valence-corrected chi connectivity index (χ0v) is 12.0. The van der Waals surface area contributed by atoms with E-state index in [-0.39, 0.29) is 11.6 Å². The Morgan fingerprint density at radius 2 is 2.00 bits per heavy atom. The van der Waals surface area contributed by atoms with Gasteiger partial charge in [-0.05, 0) is 39.5 Å². The number of non-ortho nitro benzene ring substituents is 1. The third kappa shape index (κ3) is 3.39. The standard InChI is InChI=1S/C12H9BrN2O3S/c13-10-5-6-19-11(10)7-14-12(16)8-1-3-9(4-2-8)15(17)18/h1-6H,7H2,(H,14,16). The average molecular weight is 341 g/mol. The van der Waals surface area contributed by atoms with Crippen LogP contribution >= 0.6 is 27.3 Å². The molecule has 0 radical (unpaired) electrons. The number of halogens is 1. The van der Waals surface area contributed by atoms with Crippen molar-refractivity contribution >= 4 is 38.9 Å². The van der Waals surface area contributed by atoms with Crippen LogP contribution in [0.25, 0.3) is 0 Å². The Balaban J connectivity index is 2.00. The fraction of sp³-hybridized carbons (Fsp3) is 0.0833. The fourth-order valence-corrected chi connectivity index (χ4v) is 2.88. The molecule has 1 aromatic carbocycles. The number of nitrogens with one attached hydrogen (secondary N) is 1. The van der Waals surface area contributed by atoms with Crippen molar-refractivity contribution < 1.29 is 9.72 Å². The third-order valence-electron chi connectivity index (χ3n) is 2.44. The maximum absolute atomic E-state index is 11.8. The first-order chi connectivity index (χ1) is 9.08. The largest absolute Gasteiger partial charge is 0.347 e. The number of thiophene rings is 1. The van der Waals surface area contributed by atoms with E-state index in [4.69, 9.17) is 0 Å². The van der Waals surface area contributed by atoms with Gasteiger partial charge in [0.05, 0.1) is 11.5 Å². The lowest BCUT2D eigenvalue weighted by molar-refractivity contribution is -0.384. The molecule has 7 heteroatoms. The van der Waals surface area contributed by atoms with E-state index in [1.54, 1.807) is 11.3 Å². The summed E-state index contributed by atoms with van der Waals surface area (Å²) in [6, 6.07) is 7.43. The Morgan fingerprint density at radius 3 is 2.53 bits per heavy atom. The number of nitrogens with zero attached hydrogens (tertiary/aromatic N) is 1. The first kappa shape index (κ1) is 13.7. The first-order valence-corrected chi connectivity index (χ1v) is 6.99.